The van der Waals surface area contributed by atoms with E-state index in [4.69, 9.17) is 0 Å². The van der Waals surface area contributed by atoms with Gasteiger partial charge in [-0.2, -0.15) is 0 Å². The lowest BCUT2D eigenvalue weighted by Gasteiger charge is -2.38. The Bertz CT molecular complexity index is 427. The van der Waals surface area contributed by atoms with Crippen molar-refractivity contribution in [3.05, 3.63) is 12.4 Å². The maximum absolute atomic E-state index is 4.65. The molecule has 0 amide bonds. The highest BCUT2D eigenvalue weighted by molar-refractivity contribution is 5.34. The van der Waals surface area contributed by atoms with E-state index in [-0.39, 0.29) is 0 Å². The van der Waals surface area contributed by atoms with Crippen molar-refractivity contribution in [2.75, 3.05) is 11.4 Å². The number of hydrogen-bond acceptors (Lipinski definition) is 3. The van der Waals surface area contributed by atoms with Crippen LogP contribution in [0.2, 0.25) is 0 Å². The van der Waals surface area contributed by atoms with E-state index >= 15 is 0 Å². The van der Waals surface area contributed by atoms with E-state index in [1.54, 1.807) is 0 Å². The predicted octanol–water partition coefficient (Wildman–Crippen LogP) is 2.65. The number of nitrogens with one attached hydrogen (secondary N) is 1. The Hall–Kier alpha value is -1.03. The van der Waals surface area contributed by atoms with Crippen LogP contribution in [0, 0.1) is 5.92 Å². The standard InChI is InChI=1S/C16H28N4/c1-4-20(15-9-13-5-6-14(10-15)18-13)16-17-7-8-19(16)11-12(2)3/h7-8,12-15,18H,4-6,9-11H2,1-3H3. The largest absolute Gasteiger partial charge is 0.339 e. The highest BCUT2D eigenvalue weighted by Gasteiger charge is 2.36. The SMILES string of the molecule is CCN(c1nccn1CC(C)C)C1CC2CCC(C1)N2. The molecule has 1 aromatic rings. The fourth-order valence-electron chi connectivity index (χ4n) is 3.94. The third-order valence-electron chi connectivity index (χ3n) is 4.74. The number of piperidine rings is 1. The van der Waals surface area contributed by atoms with Crippen molar-refractivity contribution in [2.45, 2.75) is 71.1 Å². The van der Waals surface area contributed by atoms with E-state index < -0.39 is 0 Å². The zero-order chi connectivity index (χ0) is 14.1. The van der Waals surface area contributed by atoms with Gasteiger partial charge in [0.25, 0.3) is 0 Å². The molecule has 0 spiro atoms. The smallest absolute Gasteiger partial charge is 0.205 e. The van der Waals surface area contributed by atoms with Crippen LogP contribution in [-0.4, -0.2) is 34.2 Å². The van der Waals surface area contributed by atoms with Gasteiger partial charge in [-0.15, -0.1) is 0 Å². The monoisotopic (exact) mass is 276 g/mol. The quantitative estimate of drug-likeness (QED) is 0.897. The van der Waals surface area contributed by atoms with Crippen LogP contribution in [0.5, 0.6) is 0 Å². The van der Waals surface area contributed by atoms with Gasteiger partial charge in [0.1, 0.15) is 0 Å². The minimum absolute atomic E-state index is 0.658. The summed E-state index contributed by atoms with van der Waals surface area (Å²) < 4.78 is 2.33. The number of imidazole rings is 1. The second-order valence-electron chi connectivity index (χ2n) is 6.82. The predicted molar refractivity (Wildman–Crippen MR) is 83.1 cm³/mol. The van der Waals surface area contributed by atoms with Crippen LogP contribution in [-0.2, 0) is 6.54 Å². The molecule has 0 aromatic carbocycles. The second kappa shape index (κ2) is 5.76. The molecule has 2 unspecified atom stereocenters. The van der Waals surface area contributed by atoms with Gasteiger partial charge in [-0.3, -0.25) is 0 Å². The van der Waals surface area contributed by atoms with E-state index in [0.717, 1.165) is 25.2 Å². The van der Waals surface area contributed by atoms with E-state index in [1.165, 1.54) is 31.6 Å². The molecule has 3 rings (SSSR count). The van der Waals surface area contributed by atoms with Gasteiger partial charge in [-0.1, -0.05) is 13.8 Å². The van der Waals surface area contributed by atoms with Crippen molar-refractivity contribution in [3.63, 3.8) is 0 Å². The van der Waals surface area contributed by atoms with Crippen LogP contribution in [0.1, 0.15) is 46.5 Å². The second-order valence-corrected chi connectivity index (χ2v) is 6.82. The molecule has 4 heteroatoms. The van der Waals surface area contributed by atoms with Gasteiger partial charge in [0.15, 0.2) is 0 Å². The molecular weight excluding hydrogens is 248 g/mol. The first kappa shape index (κ1) is 13.9. The molecule has 20 heavy (non-hydrogen) atoms. The van der Waals surface area contributed by atoms with Crippen molar-refractivity contribution < 1.29 is 0 Å². The zero-order valence-corrected chi connectivity index (χ0v) is 13.0. The van der Waals surface area contributed by atoms with Gasteiger partial charge in [0, 0.05) is 43.6 Å². The van der Waals surface area contributed by atoms with E-state index in [0.29, 0.717) is 12.0 Å². The minimum atomic E-state index is 0.658. The number of anilines is 1. The van der Waals surface area contributed by atoms with Crippen LogP contribution in [0.15, 0.2) is 12.4 Å². The summed E-state index contributed by atoms with van der Waals surface area (Å²) in [5.74, 6) is 1.83. The lowest BCUT2D eigenvalue weighted by Crippen LogP contribution is -2.49. The molecule has 2 atom stereocenters. The van der Waals surface area contributed by atoms with E-state index in [2.05, 4.69) is 46.7 Å². The Balaban J connectivity index is 1.77. The molecule has 3 heterocycles. The summed E-state index contributed by atoms with van der Waals surface area (Å²) in [5, 5.41) is 3.74. The van der Waals surface area contributed by atoms with Crippen molar-refractivity contribution in [1.82, 2.24) is 14.9 Å². The summed E-state index contributed by atoms with van der Waals surface area (Å²) in [6.45, 7) is 8.91. The normalized spacial score (nSPS) is 29.1. The first-order valence-corrected chi connectivity index (χ1v) is 8.21. The Kier molecular flexibility index (Phi) is 4.01. The minimum Gasteiger partial charge on any atom is -0.339 e. The molecule has 2 aliphatic heterocycles. The first-order valence-electron chi connectivity index (χ1n) is 8.21. The highest BCUT2D eigenvalue weighted by atomic mass is 15.3. The van der Waals surface area contributed by atoms with Crippen molar-refractivity contribution in [1.29, 1.82) is 0 Å². The topological polar surface area (TPSA) is 33.1 Å². The van der Waals surface area contributed by atoms with Gasteiger partial charge >= 0.3 is 0 Å². The lowest BCUT2D eigenvalue weighted by atomic mass is 9.98. The fraction of sp³-hybridized carbons (Fsp3) is 0.812. The molecule has 0 saturated carbocycles. The Morgan fingerprint density at radius 3 is 2.65 bits per heavy atom. The van der Waals surface area contributed by atoms with Gasteiger partial charge in [-0.05, 0) is 38.5 Å². The number of rotatable bonds is 5. The van der Waals surface area contributed by atoms with E-state index in [9.17, 15) is 0 Å². The van der Waals surface area contributed by atoms with Gasteiger partial charge < -0.3 is 14.8 Å². The fourth-order valence-corrected chi connectivity index (χ4v) is 3.94. The zero-order valence-electron chi connectivity index (χ0n) is 13.0. The molecule has 4 nitrogen and oxygen atoms in total. The summed E-state index contributed by atoms with van der Waals surface area (Å²) in [6.07, 6.45) is 9.36. The van der Waals surface area contributed by atoms with Crippen LogP contribution < -0.4 is 10.2 Å². The van der Waals surface area contributed by atoms with Gasteiger partial charge in [-0.25, -0.2) is 4.98 Å². The Morgan fingerprint density at radius 2 is 2.05 bits per heavy atom. The van der Waals surface area contributed by atoms with E-state index in [1.807, 2.05) is 6.20 Å². The first-order chi connectivity index (χ1) is 9.67. The molecule has 2 aliphatic rings. The molecular formula is C16H28N4. The third-order valence-corrected chi connectivity index (χ3v) is 4.74. The molecule has 112 valence electrons. The summed E-state index contributed by atoms with van der Waals surface area (Å²) in [7, 11) is 0. The third kappa shape index (κ3) is 2.71. The molecule has 0 aliphatic carbocycles. The summed E-state index contributed by atoms with van der Waals surface area (Å²) in [6, 6.07) is 2.13. The number of aromatic nitrogens is 2. The number of hydrogen-bond donors (Lipinski definition) is 1. The molecule has 2 fully saturated rings. The average Bonchev–Trinajstić information content (AvgIpc) is 2.97. The van der Waals surface area contributed by atoms with Crippen LogP contribution in [0.4, 0.5) is 5.95 Å². The summed E-state index contributed by atoms with van der Waals surface area (Å²) in [4.78, 5) is 7.19. The highest BCUT2D eigenvalue weighted by Crippen LogP contribution is 2.31. The average molecular weight is 276 g/mol. The lowest BCUT2D eigenvalue weighted by molar-refractivity contribution is 0.344. The molecule has 2 bridgehead atoms. The maximum Gasteiger partial charge on any atom is 0.205 e. The van der Waals surface area contributed by atoms with Crippen LogP contribution in [0.25, 0.3) is 0 Å². The Labute approximate surface area is 122 Å². The van der Waals surface area contributed by atoms with Crippen LogP contribution >= 0.6 is 0 Å². The van der Waals surface area contributed by atoms with Crippen molar-refractivity contribution in [2.24, 2.45) is 5.92 Å². The summed E-state index contributed by atoms with van der Waals surface area (Å²) >= 11 is 0. The Morgan fingerprint density at radius 1 is 1.35 bits per heavy atom. The van der Waals surface area contributed by atoms with Crippen molar-refractivity contribution >= 4 is 5.95 Å². The number of nitrogens with zero attached hydrogens (tertiary/aromatic N) is 3. The maximum atomic E-state index is 4.65. The molecule has 0 radical (unpaired) electrons. The van der Waals surface area contributed by atoms with Crippen LogP contribution in [0.3, 0.4) is 0 Å². The molecule has 1 aromatic heterocycles. The molecule has 2 saturated heterocycles. The van der Waals surface area contributed by atoms with Gasteiger partial charge in [0.05, 0.1) is 0 Å². The van der Waals surface area contributed by atoms with Gasteiger partial charge in [0.2, 0.25) is 5.95 Å². The number of fused-ring (bicyclic) bond motifs is 2. The molecule has 1 N–H and O–H groups in total. The van der Waals surface area contributed by atoms with Crippen molar-refractivity contribution in [3.8, 4) is 0 Å². The summed E-state index contributed by atoms with van der Waals surface area (Å²) in [5.41, 5.74) is 0.